The van der Waals surface area contributed by atoms with Crippen molar-refractivity contribution < 1.29 is 4.74 Å². The number of aryl methyl sites for hydroxylation is 3. The van der Waals surface area contributed by atoms with Gasteiger partial charge in [0.05, 0.1) is 0 Å². The minimum absolute atomic E-state index is 0.380. The second-order valence-electron chi connectivity index (χ2n) is 4.23. The van der Waals surface area contributed by atoms with Crippen LogP contribution in [0.2, 0.25) is 0 Å². The summed E-state index contributed by atoms with van der Waals surface area (Å²) in [4.78, 5) is 0. The van der Waals surface area contributed by atoms with Crippen LogP contribution in [0, 0.1) is 20.8 Å². The van der Waals surface area contributed by atoms with Crippen molar-refractivity contribution in [2.75, 3.05) is 13.7 Å². The number of benzene rings is 1. The Labute approximate surface area is 92.6 Å². The van der Waals surface area contributed by atoms with E-state index < -0.39 is 0 Å². The Morgan fingerprint density at radius 2 is 1.73 bits per heavy atom. The summed E-state index contributed by atoms with van der Waals surface area (Å²) >= 11 is 0. The minimum Gasteiger partial charge on any atom is -0.491 e. The maximum Gasteiger partial charge on any atom is 0.125 e. The average molecular weight is 207 g/mol. The Kier molecular flexibility index (Phi) is 4.15. The third-order valence-electron chi connectivity index (χ3n) is 2.58. The molecule has 15 heavy (non-hydrogen) atoms. The second-order valence-corrected chi connectivity index (χ2v) is 4.23. The first-order valence-corrected chi connectivity index (χ1v) is 5.42. The molecule has 2 heteroatoms. The number of hydrogen-bond donors (Lipinski definition) is 1. The van der Waals surface area contributed by atoms with Crippen LogP contribution in [0.1, 0.15) is 23.6 Å². The first kappa shape index (κ1) is 12.1. The zero-order chi connectivity index (χ0) is 11.4. The molecule has 0 aliphatic carbocycles. The molecule has 0 aliphatic heterocycles. The predicted molar refractivity (Wildman–Crippen MR) is 64.7 cm³/mol. The highest BCUT2D eigenvalue weighted by Gasteiger charge is 2.06. The van der Waals surface area contributed by atoms with Gasteiger partial charge >= 0.3 is 0 Å². The highest BCUT2D eigenvalue weighted by Crippen LogP contribution is 2.24. The molecule has 2 nitrogen and oxygen atoms in total. The van der Waals surface area contributed by atoms with Crippen molar-refractivity contribution in [1.29, 1.82) is 0 Å². The van der Waals surface area contributed by atoms with Crippen LogP contribution in [0.3, 0.4) is 0 Å². The van der Waals surface area contributed by atoms with Crippen molar-refractivity contribution in [3.05, 3.63) is 28.8 Å². The van der Waals surface area contributed by atoms with Crippen molar-refractivity contribution in [3.63, 3.8) is 0 Å². The molecule has 0 aliphatic rings. The van der Waals surface area contributed by atoms with Crippen molar-refractivity contribution in [1.82, 2.24) is 5.32 Å². The third-order valence-corrected chi connectivity index (χ3v) is 2.58. The maximum absolute atomic E-state index is 5.81. The monoisotopic (exact) mass is 207 g/mol. The van der Waals surface area contributed by atoms with Gasteiger partial charge in [0.1, 0.15) is 12.4 Å². The molecule has 1 aromatic carbocycles. The van der Waals surface area contributed by atoms with E-state index in [1.807, 2.05) is 7.05 Å². The van der Waals surface area contributed by atoms with Gasteiger partial charge in [0.15, 0.2) is 0 Å². The summed E-state index contributed by atoms with van der Waals surface area (Å²) < 4.78 is 5.81. The zero-order valence-corrected chi connectivity index (χ0v) is 10.3. The number of hydrogen-bond acceptors (Lipinski definition) is 2. The van der Waals surface area contributed by atoms with Gasteiger partial charge in [-0.2, -0.15) is 0 Å². The van der Waals surface area contributed by atoms with E-state index in [0.29, 0.717) is 12.6 Å². The Morgan fingerprint density at radius 1 is 1.20 bits per heavy atom. The maximum atomic E-state index is 5.81. The minimum atomic E-state index is 0.380. The van der Waals surface area contributed by atoms with Gasteiger partial charge in [-0.25, -0.2) is 0 Å². The predicted octanol–water partition coefficient (Wildman–Crippen LogP) is 2.60. The molecule has 0 saturated heterocycles. The van der Waals surface area contributed by atoms with Crippen LogP contribution < -0.4 is 10.1 Å². The summed E-state index contributed by atoms with van der Waals surface area (Å²) in [6.07, 6.45) is 0. The van der Waals surface area contributed by atoms with Crippen LogP contribution in [-0.4, -0.2) is 19.7 Å². The molecule has 0 radical (unpaired) electrons. The quantitative estimate of drug-likeness (QED) is 0.819. The molecule has 0 spiro atoms. The van der Waals surface area contributed by atoms with Gasteiger partial charge in [-0.05, 0) is 45.9 Å². The Morgan fingerprint density at radius 3 is 2.20 bits per heavy atom. The van der Waals surface area contributed by atoms with Crippen LogP contribution in [0.15, 0.2) is 12.1 Å². The lowest BCUT2D eigenvalue weighted by Crippen LogP contribution is -2.28. The van der Waals surface area contributed by atoms with E-state index in [4.69, 9.17) is 4.74 Å². The summed E-state index contributed by atoms with van der Waals surface area (Å²) in [6.45, 7) is 9.12. The summed E-state index contributed by atoms with van der Waals surface area (Å²) in [6, 6.07) is 4.70. The summed E-state index contributed by atoms with van der Waals surface area (Å²) in [5.74, 6) is 1.03. The smallest absolute Gasteiger partial charge is 0.125 e. The largest absolute Gasteiger partial charge is 0.491 e. The van der Waals surface area contributed by atoms with E-state index in [1.165, 1.54) is 16.7 Å². The summed E-state index contributed by atoms with van der Waals surface area (Å²) in [5.41, 5.74) is 3.73. The van der Waals surface area contributed by atoms with Gasteiger partial charge in [0.25, 0.3) is 0 Å². The Balaban J connectivity index is 2.77. The molecule has 0 fully saturated rings. The lowest BCUT2D eigenvalue weighted by atomic mass is 10.1. The molecular formula is C13H21NO. The van der Waals surface area contributed by atoms with Crippen LogP contribution in [0.4, 0.5) is 0 Å². The fourth-order valence-electron chi connectivity index (χ4n) is 1.69. The fourth-order valence-corrected chi connectivity index (χ4v) is 1.69. The molecule has 0 heterocycles. The average Bonchev–Trinajstić information content (AvgIpc) is 2.15. The molecule has 84 valence electrons. The molecule has 1 N–H and O–H groups in total. The van der Waals surface area contributed by atoms with E-state index >= 15 is 0 Å². The topological polar surface area (TPSA) is 21.3 Å². The van der Waals surface area contributed by atoms with Gasteiger partial charge in [-0.15, -0.1) is 0 Å². The molecular weight excluding hydrogens is 186 g/mol. The molecule has 0 amide bonds. The van der Waals surface area contributed by atoms with Crippen molar-refractivity contribution >= 4 is 0 Å². The van der Waals surface area contributed by atoms with Gasteiger partial charge in [0.2, 0.25) is 0 Å². The van der Waals surface area contributed by atoms with E-state index in [2.05, 4.69) is 45.1 Å². The standard InChI is InChI=1S/C13H21NO/c1-9-6-10(2)13(11(3)7-9)15-8-12(4)14-5/h6-7,12,14H,8H2,1-5H3. The van der Waals surface area contributed by atoms with Gasteiger partial charge in [-0.1, -0.05) is 17.7 Å². The Bertz CT molecular complexity index is 310. The normalized spacial score (nSPS) is 12.6. The first-order valence-electron chi connectivity index (χ1n) is 5.42. The number of rotatable bonds is 4. The number of nitrogens with one attached hydrogen (secondary N) is 1. The molecule has 1 atom stereocenters. The van der Waals surface area contributed by atoms with E-state index in [9.17, 15) is 0 Å². The SMILES string of the molecule is CNC(C)COc1c(C)cc(C)cc1C. The number of ether oxygens (including phenoxy) is 1. The lowest BCUT2D eigenvalue weighted by Gasteiger charge is -2.16. The van der Waals surface area contributed by atoms with Crippen molar-refractivity contribution in [2.24, 2.45) is 0 Å². The molecule has 0 aromatic heterocycles. The third kappa shape index (κ3) is 3.24. The van der Waals surface area contributed by atoms with E-state index in [1.54, 1.807) is 0 Å². The fraction of sp³-hybridized carbons (Fsp3) is 0.538. The highest BCUT2D eigenvalue weighted by molar-refractivity contribution is 5.42. The van der Waals surface area contributed by atoms with E-state index in [0.717, 1.165) is 5.75 Å². The van der Waals surface area contributed by atoms with Gasteiger partial charge in [-0.3, -0.25) is 0 Å². The first-order chi connectivity index (χ1) is 7.04. The molecule has 1 aromatic rings. The van der Waals surface area contributed by atoms with E-state index in [-0.39, 0.29) is 0 Å². The van der Waals surface area contributed by atoms with Crippen LogP contribution >= 0.6 is 0 Å². The lowest BCUT2D eigenvalue weighted by molar-refractivity contribution is 0.276. The second kappa shape index (κ2) is 5.17. The molecule has 0 saturated carbocycles. The summed E-state index contributed by atoms with van der Waals surface area (Å²) in [7, 11) is 1.95. The zero-order valence-electron chi connectivity index (χ0n) is 10.3. The van der Waals surface area contributed by atoms with Crippen molar-refractivity contribution in [3.8, 4) is 5.75 Å². The molecule has 1 rings (SSSR count). The van der Waals surface area contributed by atoms with Gasteiger partial charge in [0, 0.05) is 6.04 Å². The van der Waals surface area contributed by atoms with Crippen molar-refractivity contribution in [2.45, 2.75) is 33.7 Å². The van der Waals surface area contributed by atoms with Crippen LogP contribution in [0.5, 0.6) is 5.75 Å². The summed E-state index contributed by atoms with van der Waals surface area (Å²) in [5, 5.41) is 3.16. The molecule has 1 unspecified atom stereocenters. The van der Waals surface area contributed by atoms with Gasteiger partial charge < -0.3 is 10.1 Å². The molecule has 0 bridgehead atoms. The van der Waals surface area contributed by atoms with Crippen LogP contribution in [-0.2, 0) is 0 Å². The number of likely N-dealkylation sites (N-methyl/N-ethyl adjacent to an activating group) is 1. The van der Waals surface area contributed by atoms with Crippen LogP contribution in [0.25, 0.3) is 0 Å². The Hall–Kier alpha value is -1.02. The highest BCUT2D eigenvalue weighted by atomic mass is 16.5.